The fourth-order valence-electron chi connectivity index (χ4n) is 8.15. The summed E-state index contributed by atoms with van der Waals surface area (Å²) in [4.78, 5) is 42.2. The molecular weight excluding hydrogens is 777 g/mol. The number of carbonyl (C=O) groups excluding carboxylic acids is 3. The minimum absolute atomic E-state index is 0.0213. The van der Waals surface area contributed by atoms with Crippen molar-refractivity contribution in [3.63, 3.8) is 0 Å². The van der Waals surface area contributed by atoms with E-state index in [1.54, 1.807) is 0 Å². The van der Waals surface area contributed by atoms with Crippen LogP contribution in [0.15, 0.2) is 0 Å². The molecule has 0 atom stereocenters. The largest absolute Gasteiger partial charge is 0.466 e. The molecule has 0 amide bonds. The van der Waals surface area contributed by atoms with E-state index in [4.69, 9.17) is 14.2 Å². The van der Waals surface area contributed by atoms with Gasteiger partial charge in [-0.2, -0.15) is 0 Å². The fourth-order valence-corrected chi connectivity index (χ4v) is 8.15. The van der Waals surface area contributed by atoms with Crippen molar-refractivity contribution in [2.45, 2.75) is 258 Å². The number of carbonyl (C=O) groups is 3. The first-order valence-electron chi connectivity index (χ1n) is 27.0. The maximum atomic E-state index is 12.7. The maximum Gasteiger partial charge on any atom is 0.307 e. The summed E-state index contributed by atoms with van der Waals surface area (Å²) in [5, 5.41) is 9.73. The van der Waals surface area contributed by atoms with E-state index in [-0.39, 0.29) is 37.4 Å². The molecule has 0 aliphatic rings. The van der Waals surface area contributed by atoms with Crippen LogP contribution in [0.3, 0.4) is 0 Å². The molecule has 0 radical (unpaired) electrons. The van der Waals surface area contributed by atoms with Crippen LogP contribution in [0.5, 0.6) is 0 Å². The molecule has 1 N–H and O–H groups in total. The number of aliphatic hydroxyl groups is 1. The smallest absolute Gasteiger partial charge is 0.307 e. The molecule has 0 heterocycles. The number of hydrogen-bond donors (Lipinski definition) is 1. The van der Waals surface area contributed by atoms with Gasteiger partial charge < -0.3 is 29.1 Å². The van der Waals surface area contributed by atoms with Gasteiger partial charge in [0.15, 0.2) is 0 Å². The summed E-state index contributed by atoms with van der Waals surface area (Å²) >= 11 is 0. The minimum Gasteiger partial charge on any atom is -0.466 e. The van der Waals surface area contributed by atoms with Crippen LogP contribution in [0.25, 0.3) is 0 Å². The van der Waals surface area contributed by atoms with Crippen molar-refractivity contribution in [2.75, 3.05) is 65.7 Å². The monoisotopic (exact) mass is 881 g/mol. The highest BCUT2D eigenvalue weighted by Crippen LogP contribution is 2.14. The van der Waals surface area contributed by atoms with E-state index in [1.807, 2.05) is 0 Å². The van der Waals surface area contributed by atoms with E-state index in [9.17, 15) is 19.5 Å². The first-order chi connectivity index (χ1) is 30.5. The van der Waals surface area contributed by atoms with Crippen molar-refractivity contribution < 1.29 is 33.7 Å². The van der Waals surface area contributed by atoms with E-state index >= 15 is 0 Å². The van der Waals surface area contributed by atoms with Crippen molar-refractivity contribution in [2.24, 2.45) is 0 Å². The SMILES string of the molecule is CCCCCCCCCCCCCOC(=O)CCN(CCO)CCCN(CCC(=O)OCCCCCCCCCCCCC)CCC(=O)OCCCCCCCCCCCCC. The predicted molar refractivity (Wildman–Crippen MR) is 261 cm³/mol. The van der Waals surface area contributed by atoms with Gasteiger partial charge in [0.05, 0.1) is 45.7 Å². The summed E-state index contributed by atoms with van der Waals surface area (Å²) < 4.78 is 16.7. The Morgan fingerprint density at radius 1 is 0.306 bits per heavy atom. The molecular formula is C53H104N2O7. The molecule has 0 aliphatic heterocycles. The van der Waals surface area contributed by atoms with Gasteiger partial charge in [-0.1, -0.05) is 213 Å². The van der Waals surface area contributed by atoms with Crippen molar-refractivity contribution >= 4 is 17.9 Å². The molecule has 0 fully saturated rings. The maximum absolute atomic E-state index is 12.7. The summed E-state index contributed by atoms with van der Waals surface area (Å²) in [7, 11) is 0. The van der Waals surface area contributed by atoms with Crippen LogP contribution in [-0.4, -0.2) is 98.5 Å². The molecule has 9 nitrogen and oxygen atoms in total. The van der Waals surface area contributed by atoms with Crippen LogP contribution >= 0.6 is 0 Å². The number of rotatable bonds is 51. The quantitative estimate of drug-likeness (QED) is 0.0363. The van der Waals surface area contributed by atoms with Crippen molar-refractivity contribution in [1.29, 1.82) is 0 Å². The van der Waals surface area contributed by atoms with E-state index in [0.717, 1.165) is 44.9 Å². The average Bonchev–Trinajstić information content (AvgIpc) is 3.27. The summed E-state index contributed by atoms with van der Waals surface area (Å²) in [5.74, 6) is -0.551. The van der Waals surface area contributed by atoms with Gasteiger partial charge in [0.2, 0.25) is 0 Å². The first kappa shape index (κ1) is 60.3. The van der Waals surface area contributed by atoms with Crippen LogP contribution in [0.1, 0.15) is 258 Å². The fraction of sp³-hybridized carbons (Fsp3) is 0.943. The van der Waals surface area contributed by atoms with Gasteiger partial charge in [-0.15, -0.1) is 0 Å². The van der Waals surface area contributed by atoms with Crippen LogP contribution in [0.2, 0.25) is 0 Å². The normalized spacial score (nSPS) is 11.5. The molecule has 0 aromatic heterocycles. The predicted octanol–water partition coefficient (Wildman–Crippen LogP) is 13.7. The van der Waals surface area contributed by atoms with Crippen LogP contribution in [0, 0.1) is 0 Å². The summed E-state index contributed by atoms with van der Waals surface area (Å²) in [5.41, 5.74) is 0. The average molecular weight is 881 g/mol. The zero-order chi connectivity index (χ0) is 45.2. The summed E-state index contributed by atoms with van der Waals surface area (Å²) in [6, 6.07) is 0. The second kappa shape index (κ2) is 50.3. The highest BCUT2D eigenvalue weighted by molar-refractivity contribution is 5.70. The second-order valence-corrected chi connectivity index (χ2v) is 18.3. The molecule has 0 aliphatic carbocycles. The van der Waals surface area contributed by atoms with Gasteiger partial charge in [0.1, 0.15) is 0 Å². The third-order valence-corrected chi connectivity index (χ3v) is 12.3. The number of unbranched alkanes of at least 4 members (excludes halogenated alkanes) is 30. The van der Waals surface area contributed by atoms with E-state index < -0.39 is 0 Å². The molecule has 0 aromatic rings. The highest BCUT2D eigenvalue weighted by Gasteiger charge is 2.15. The van der Waals surface area contributed by atoms with E-state index in [2.05, 4.69) is 30.6 Å². The van der Waals surface area contributed by atoms with Gasteiger partial charge in [-0.25, -0.2) is 0 Å². The van der Waals surface area contributed by atoms with Gasteiger partial charge in [-0.05, 0) is 38.8 Å². The van der Waals surface area contributed by atoms with Crippen molar-refractivity contribution in [3.8, 4) is 0 Å². The topological polar surface area (TPSA) is 106 Å². The summed E-state index contributed by atoms with van der Waals surface area (Å²) in [6.45, 7) is 11.7. The number of ether oxygens (including phenoxy) is 3. The molecule has 0 saturated heterocycles. The molecule has 368 valence electrons. The van der Waals surface area contributed by atoms with Crippen molar-refractivity contribution in [1.82, 2.24) is 9.80 Å². The number of hydrogen-bond acceptors (Lipinski definition) is 9. The van der Waals surface area contributed by atoms with Gasteiger partial charge in [0.25, 0.3) is 0 Å². The summed E-state index contributed by atoms with van der Waals surface area (Å²) in [6.07, 6.45) is 43.2. The van der Waals surface area contributed by atoms with Gasteiger partial charge in [-0.3, -0.25) is 14.4 Å². The molecule has 0 bridgehead atoms. The molecule has 0 aromatic carbocycles. The zero-order valence-electron chi connectivity index (χ0n) is 41.5. The van der Waals surface area contributed by atoms with Gasteiger partial charge >= 0.3 is 17.9 Å². The highest BCUT2D eigenvalue weighted by atomic mass is 16.5. The Bertz CT molecular complexity index is 907. The number of nitrogens with zero attached hydrogens (tertiary/aromatic N) is 2. The van der Waals surface area contributed by atoms with Crippen LogP contribution in [0.4, 0.5) is 0 Å². The first-order valence-corrected chi connectivity index (χ1v) is 27.0. The lowest BCUT2D eigenvalue weighted by molar-refractivity contribution is -0.145. The molecule has 62 heavy (non-hydrogen) atoms. The Labute approximate surface area is 384 Å². The standard InChI is InChI=1S/C53H104N2O7/c1-4-7-10-13-16-19-22-25-28-31-34-48-60-51(57)38-43-54(44-39-52(58)61-49-35-32-29-26-23-20-17-14-11-8-5-2)41-37-42-55(46-47-56)45-40-53(59)62-50-36-33-30-27-24-21-18-15-12-9-6-3/h56H,4-50H2,1-3H3. The van der Waals surface area contributed by atoms with Crippen LogP contribution < -0.4 is 0 Å². The second-order valence-electron chi connectivity index (χ2n) is 18.3. The lowest BCUT2D eigenvalue weighted by Gasteiger charge is -2.25. The number of esters is 3. The Kier molecular flexibility index (Phi) is 48.9. The molecule has 0 saturated carbocycles. The third-order valence-electron chi connectivity index (χ3n) is 12.3. The molecule has 0 unspecified atom stereocenters. The Hall–Kier alpha value is -1.71. The Morgan fingerprint density at radius 3 is 0.774 bits per heavy atom. The Morgan fingerprint density at radius 2 is 0.532 bits per heavy atom. The van der Waals surface area contributed by atoms with Crippen LogP contribution in [-0.2, 0) is 28.6 Å². The molecule has 0 rings (SSSR count). The lowest BCUT2D eigenvalue weighted by Crippen LogP contribution is -2.35. The van der Waals surface area contributed by atoms with E-state index in [1.165, 1.54) is 173 Å². The van der Waals surface area contributed by atoms with Crippen molar-refractivity contribution in [3.05, 3.63) is 0 Å². The van der Waals surface area contributed by atoms with Gasteiger partial charge in [0, 0.05) is 26.2 Å². The molecule has 0 spiro atoms. The number of aliphatic hydroxyl groups excluding tert-OH is 1. The zero-order valence-corrected chi connectivity index (χ0v) is 41.5. The Balaban J connectivity index is 4.56. The lowest BCUT2D eigenvalue weighted by atomic mass is 10.1. The van der Waals surface area contributed by atoms with E-state index in [0.29, 0.717) is 65.5 Å². The third kappa shape index (κ3) is 46.3. The molecule has 9 heteroatoms. The minimum atomic E-state index is -0.185.